The summed E-state index contributed by atoms with van der Waals surface area (Å²) >= 11 is 0. The maximum Gasteiger partial charge on any atom is 0.449 e. The van der Waals surface area contributed by atoms with E-state index in [4.69, 9.17) is 0 Å². The van der Waals surface area contributed by atoms with Gasteiger partial charge in [-0.3, -0.25) is 4.79 Å². The van der Waals surface area contributed by atoms with Crippen molar-refractivity contribution in [3.63, 3.8) is 0 Å². The van der Waals surface area contributed by atoms with Crippen molar-refractivity contribution in [3.8, 4) is 0 Å². The highest BCUT2D eigenvalue weighted by atomic mass is 32.2. The fourth-order valence-corrected chi connectivity index (χ4v) is 4.16. The number of fused-ring (bicyclic) bond motifs is 1. The van der Waals surface area contributed by atoms with Gasteiger partial charge in [0.15, 0.2) is 0 Å². The van der Waals surface area contributed by atoms with Crippen molar-refractivity contribution in [2.75, 3.05) is 19.4 Å². The first-order chi connectivity index (χ1) is 14.8. The molecule has 3 rings (SSSR count). The van der Waals surface area contributed by atoms with Crippen LogP contribution in [0.15, 0.2) is 41.3 Å². The molecule has 0 bridgehead atoms. The van der Waals surface area contributed by atoms with Crippen molar-refractivity contribution in [2.24, 2.45) is 0 Å². The minimum absolute atomic E-state index is 0.0922. The molecule has 2 aromatic carbocycles. The van der Waals surface area contributed by atoms with Gasteiger partial charge in [0, 0.05) is 32.7 Å². The molecule has 0 aliphatic heterocycles. The Bertz CT molecular complexity index is 1280. The van der Waals surface area contributed by atoms with Crippen LogP contribution in [0.1, 0.15) is 23.4 Å². The fourth-order valence-electron chi connectivity index (χ4n) is 3.24. The van der Waals surface area contributed by atoms with E-state index in [-0.39, 0.29) is 28.9 Å². The van der Waals surface area contributed by atoms with Gasteiger partial charge in [0.1, 0.15) is 0 Å². The Balaban J connectivity index is 1.92. The quantitative estimate of drug-likeness (QED) is 0.594. The Morgan fingerprint density at radius 1 is 1.16 bits per heavy atom. The molecule has 0 spiro atoms. The number of rotatable bonds is 6. The van der Waals surface area contributed by atoms with E-state index in [9.17, 15) is 26.4 Å². The van der Waals surface area contributed by atoms with E-state index in [0.29, 0.717) is 5.69 Å². The van der Waals surface area contributed by atoms with Gasteiger partial charge in [0.05, 0.1) is 15.9 Å². The summed E-state index contributed by atoms with van der Waals surface area (Å²) in [6.07, 6.45) is -5.00. The van der Waals surface area contributed by atoms with Gasteiger partial charge in [-0.25, -0.2) is 17.7 Å². The molecule has 32 heavy (non-hydrogen) atoms. The van der Waals surface area contributed by atoms with E-state index >= 15 is 0 Å². The number of sulfonamides is 1. The number of anilines is 1. The first-order valence-corrected chi connectivity index (χ1v) is 11.1. The van der Waals surface area contributed by atoms with Gasteiger partial charge < -0.3 is 9.88 Å². The summed E-state index contributed by atoms with van der Waals surface area (Å²) in [4.78, 5) is 15.9. The number of imidazole rings is 1. The molecule has 3 aromatic rings. The van der Waals surface area contributed by atoms with E-state index in [1.165, 1.54) is 26.2 Å². The third-order valence-electron chi connectivity index (χ3n) is 5.19. The standard InChI is InChI=1S/C21H23F3N4O3S/c1-13-6-5-7-16(14(13)2)25-19(29)10-11-28-18-9-8-15(32(30,31)27(3)4)12-17(18)26-20(28)21(22,23)24/h5-9,12H,10-11H2,1-4H3,(H,25,29). The highest BCUT2D eigenvalue weighted by molar-refractivity contribution is 7.89. The molecular weight excluding hydrogens is 445 g/mol. The van der Waals surface area contributed by atoms with Crippen LogP contribution in [0, 0.1) is 13.8 Å². The second-order valence-corrected chi connectivity index (χ2v) is 9.72. The van der Waals surface area contributed by atoms with Crippen LogP contribution in [0.25, 0.3) is 11.0 Å². The van der Waals surface area contributed by atoms with E-state index < -0.39 is 27.9 Å². The molecule has 11 heteroatoms. The van der Waals surface area contributed by atoms with Gasteiger partial charge >= 0.3 is 6.18 Å². The van der Waals surface area contributed by atoms with Gasteiger partial charge in [-0.05, 0) is 49.2 Å². The summed E-state index contributed by atoms with van der Waals surface area (Å²) in [5, 5.41) is 2.72. The van der Waals surface area contributed by atoms with Crippen LogP contribution in [-0.2, 0) is 27.5 Å². The van der Waals surface area contributed by atoms with Gasteiger partial charge in [-0.15, -0.1) is 0 Å². The average molecular weight is 469 g/mol. The molecule has 0 saturated heterocycles. The second kappa shape index (κ2) is 8.55. The predicted octanol–water partition coefficient (Wildman–Crippen LogP) is 3.95. The highest BCUT2D eigenvalue weighted by Gasteiger charge is 2.38. The lowest BCUT2D eigenvalue weighted by Gasteiger charge is -2.13. The molecule has 0 atom stereocenters. The Morgan fingerprint density at radius 2 is 1.84 bits per heavy atom. The molecule has 0 fully saturated rings. The number of amides is 1. The Labute approximate surface area is 183 Å². The number of hydrogen-bond donors (Lipinski definition) is 1. The predicted molar refractivity (Wildman–Crippen MR) is 115 cm³/mol. The van der Waals surface area contributed by atoms with E-state index in [1.807, 2.05) is 19.9 Å². The zero-order valence-electron chi connectivity index (χ0n) is 18.0. The van der Waals surface area contributed by atoms with Crippen molar-refractivity contribution in [2.45, 2.75) is 37.9 Å². The summed E-state index contributed by atoms with van der Waals surface area (Å²) in [6.45, 7) is 3.46. The number of nitrogens with zero attached hydrogens (tertiary/aromatic N) is 3. The maximum atomic E-state index is 13.6. The minimum Gasteiger partial charge on any atom is -0.326 e. The summed E-state index contributed by atoms with van der Waals surface area (Å²) in [7, 11) is -1.18. The first-order valence-electron chi connectivity index (χ1n) is 9.68. The number of alkyl halides is 3. The normalized spacial score (nSPS) is 12.5. The highest BCUT2D eigenvalue weighted by Crippen LogP contribution is 2.32. The van der Waals surface area contributed by atoms with Crippen LogP contribution in [0.5, 0.6) is 0 Å². The molecule has 0 aliphatic rings. The number of carbonyl (C=O) groups excluding carboxylic acids is 1. The molecular formula is C21H23F3N4O3S. The Morgan fingerprint density at radius 3 is 2.47 bits per heavy atom. The van der Waals surface area contributed by atoms with Crippen LogP contribution < -0.4 is 5.32 Å². The second-order valence-electron chi connectivity index (χ2n) is 7.57. The van der Waals surface area contributed by atoms with Gasteiger partial charge in [0.2, 0.25) is 21.8 Å². The third kappa shape index (κ3) is 4.63. The van der Waals surface area contributed by atoms with Crippen molar-refractivity contribution < 1.29 is 26.4 Å². The number of benzene rings is 2. The lowest BCUT2D eigenvalue weighted by Crippen LogP contribution is -2.22. The topological polar surface area (TPSA) is 84.3 Å². The van der Waals surface area contributed by atoms with Crippen molar-refractivity contribution in [1.82, 2.24) is 13.9 Å². The van der Waals surface area contributed by atoms with E-state index in [1.54, 1.807) is 12.1 Å². The van der Waals surface area contributed by atoms with Crippen molar-refractivity contribution in [1.29, 1.82) is 0 Å². The molecule has 1 heterocycles. The van der Waals surface area contributed by atoms with Crippen LogP contribution >= 0.6 is 0 Å². The van der Waals surface area contributed by atoms with Gasteiger partial charge in [-0.2, -0.15) is 13.2 Å². The van der Waals surface area contributed by atoms with Crippen molar-refractivity contribution in [3.05, 3.63) is 53.3 Å². The number of hydrogen-bond acceptors (Lipinski definition) is 4. The molecule has 1 N–H and O–H groups in total. The number of nitrogens with one attached hydrogen (secondary N) is 1. The Kier molecular flexibility index (Phi) is 6.34. The summed E-state index contributed by atoms with van der Waals surface area (Å²) in [6, 6.07) is 9.00. The van der Waals surface area contributed by atoms with E-state index in [2.05, 4.69) is 10.3 Å². The molecule has 0 radical (unpaired) electrons. The largest absolute Gasteiger partial charge is 0.449 e. The van der Waals surface area contributed by atoms with Gasteiger partial charge in [-0.1, -0.05) is 12.1 Å². The van der Waals surface area contributed by atoms with Crippen LogP contribution in [-0.4, -0.2) is 42.3 Å². The molecule has 0 saturated carbocycles. The van der Waals surface area contributed by atoms with Gasteiger partial charge in [0.25, 0.3) is 0 Å². The monoisotopic (exact) mass is 468 g/mol. The van der Waals surface area contributed by atoms with Crippen LogP contribution in [0.2, 0.25) is 0 Å². The SMILES string of the molecule is Cc1cccc(NC(=O)CCn2c(C(F)(F)F)nc3cc(S(=O)(=O)N(C)C)ccc32)c1C. The molecule has 1 amide bonds. The zero-order valence-corrected chi connectivity index (χ0v) is 18.8. The summed E-state index contributed by atoms with van der Waals surface area (Å²) < 4.78 is 67.3. The molecule has 7 nitrogen and oxygen atoms in total. The molecule has 1 aromatic heterocycles. The Hall–Kier alpha value is -2.92. The molecule has 172 valence electrons. The van der Waals surface area contributed by atoms with Crippen LogP contribution in [0.4, 0.5) is 18.9 Å². The minimum atomic E-state index is -4.77. The lowest BCUT2D eigenvalue weighted by molar-refractivity contribution is -0.147. The van der Waals surface area contributed by atoms with E-state index in [0.717, 1.165) is 26.1 Å². The average Bonchev–Trinajstić information content (AvgIpc) is 3.08. The van der Waals surface area contributed by atoms with Crippen LogP contribution in [0.3, 0.4) is 0 Å². The summed E-state index contributed by atoms with van der Waals surface area (Å²) in [5.41, 5.74) is 2.43. The zero-order chi connectivity index (χ0) is 23.8. The molecule has 0 aliphatic carbocycles. The maximum absolute atomic E-state index is 13.6. The number of aromatic nitrogens is 2. The summed E-state index contributed by atoms with van der Waals surface area (Å²) in [5.74, 6) is -1.63. The third-order valence-corrected chi connectivity index (χ3v) is 7.00. The smallest absolute Gasteiger partial charge is 0.326 e. The first kappa shape index (κ1) is 23.7. The number of carbonyl (C=O) groups is 1. The van der Waals surface area contributed by atoms with Crippen molar-refractivity contribution >= 4 is 32.7 Å². The molecule has 0 unspecified atom stereocenters. The number of halogens is 3. The lowest BCUT2D eigenvalue weighted by atomic mass is 10.1. The number of aryl methyl sites for hydroxylation is 2. The fraction of sp³-hybridized carbons (Fsp3) is 0.333.